The number of carbonyl (C=O) groups excluding carboxylic acids is 1. The summed E-state index contributed by atoms with van der Waals surface area (Å²) in [7, 11) is 0. The molecule has 0 spiro atoms. The van der Waals surface area contributed by atoms with Crippen LogP contribution in [0.25, 0.3) is 0 Å². The van der Waals surface area contributed by atoms with Crippen LogP contribution in [0.1, 0.15) is 17.1 Å². The van der Waals surface area contributed by atoms with Crippen molar-refractivity contribution in [2.24, 2.45) is 0 Å². The molecule has 3 N–H and O–H groups in total. The van der Waals surface area contributed by atoms with Crippen molar-refractivity contribution in [2.45, 2.75) is 25.0 Å². The fourth-order valence-corrected chi connectivity index (χ4v) is 2.98. The minimum absolute atomic E-state index is 0.134. The van der Waals surface area contributed by atoms with E-state index in [0.717, 1.165) is 17.4 Å². The third-order valence-corrected chi connectivity index (χ3v) is 4.49. The second-order valence-corrected chi connectivity index (χ2v) is 6.60. The number of aromatic amines is 2. The summed E-state index contributed by atoms with van der Waals surface area (Å²) in [5.41, 5.74) is 0.727. The third kappa shape index (κ3) is 5.17. The van der Waals surface area contributed by atoms with Crippen LogP contribution < -0.4 is 16.6 Å². The largest absolute Gasteiger partial charge is 0.416 e. The van der Waals surface area contributed by atoms with Gasteiger partial charge in [0.15, 0.2) is 0 Å². The highest BCUT2D eigenvalue weighted by atomic mass is 32.2. The van der Waals surface area contributed by atoms with Gasteiger partial charge in [0.05, 0.1) is 5.75 Å². The molecule has 0 saturated heterocycles. The Bertz CT molecular complexity index is 1040. The van der Waals surface area contributed by atoms with Gasteiger partial charge < -0.3 is 14.7 Å². The summed E-state index contributed by atoms with van der Waals surface area (Å²) >= 11 is 1.13. The minimum atomic E-state index is -0.536. The molecule has 10 heteroatoms. The van der Waals surface area contributed by atoms with Crippen molar-refractivity contribution in [1.29, 1.82) is 0 Å². The molecule has 0 aliphatic carbocycles. The summed E-state index contributed by atoms with van der Waals surface area (Å²) < 4.78 is 5.49. The van der Waals surface area contributed by atoms with Gasteiger partial charge in [0, 0.05) is 23.4 Å². The zero-order valence-corrected chi connectivity index (χ0v) is 15.3. The van der Waals surface area contributed by atoms with Crippen LogP contribution in [0.2, 0.25) is 0 Å². The molecule has 0 aliphatic rings. The van der Waals surface area contributed by atoms with Gasteiger partial charge in [0.2, 0.25) is 11.8 Å². The number of aryl methyl sites for hydroxylation is 2. The molecule has 3 aromatic rings. The van der Waals surface area contributed by atoms with Crippen LogP contribution in [0.15, 0.2) is 49.6 Å². The predicted molar refractivity (Wildman–Crippen MR) is 99.9 cm³/mol. The number of anilines is 1. The maximum atomic E-state index is 11.9. The normalized spacial score (nSPS) is 10.7. The lowest BCUT2D eigenvalue weighted by atomic mass is 10.1. The van der Waals surface area contributed by atoms with Crippen molar-refractivity contribution < 1.29 is 9.21 Å². The topological polar surface area (TPSA) is 134 Å². The molecular formula is C17H17N5O4S. The molecule has 0 bridgehead atoms. The van der Waals surface area contributed by atoms with Crippen LogP contribution in [0.5, 0.6) is 0 Å². The number of hydrogen-bond donors (Lipinski definition) is 3. The molecule has 9 nitrogen and oxygen atoms in total. The zero-order chi connectivity index (χ0) is 19.2. The molecule has 3 rings (SSSR count). The van der Waals surface area contributed by atoms with E-state index in [1.54, 1.807) is 19.1 Å². The number of H-pyrrole nitrogens is 2. The summed E-state index contributed by atoms with van der Waals surface area (Å²) in [4.78, 5) is 39.7. The minimum Gasteiger partial charge on any atom is -0.416 e. The summed E-state index contributed by atoms with van der Waals surface area (Å²) in [5.74, 6) is 0.308. The average molecular weight is 387 g/mol. The van der Waals surface area contributed by atoms with Crippen molar-refractivity contribution in [2.75, 3.05) is 11.1 Å². The number of carbonyl (C=O) groups is 1. The number of nitrogens with zero attached hydrogens (tertiary/aromatic N) is 2. The summed E-state index contributed by atoms with van der Waals surface area (Å²) in [6.07, 6.45) is 0.693. The molecule has 0 unspecified atom stereocenters. The maximum Gasteiger partial charge on any atom is 0.325 e. The number of thioether (sulfide) groups is 1. The van der Waals surface area contributed by atoms with Crippen molar-refractivity contribution in [1.82, 2.24) is 20.2 Å². The van der Waals surface area contributed by atoms with Gasteiger partial charge >= 0.3 is 5.69 Å². The molecule has 1 amide bonds. The standard InChI is InChI=1S/C17H17N5O4S/c1-10-12(15(24)20-16(25)18-10)7-8-14-21-22-17(26-14)27-9-13(23)19-11-5-3-2-4-6-11/h2-6H,7-9H2,1H3,(H,19,23)(H2,18,20,24,25). The maximum absolute atomic E-state index is 11.9. The van der Waals surface area contributed by atoms with Gasteiger partial charge in [-0.05, 0) is 25.5 Å². The Balaban J connectivity index is 1.52. The molecule has 140 valence electrons. The van der Waals surface area contributed by atoms with Crippen LogP contribution in [0, 0.1) is 6.92 Å². The van der Waals surface area contributed by atoms with E-state index in [4.69, 9.17) is 4.42 Å². The average Bonchev–Trinajstić information content (AvgIpc) is 3.08. The van der Waals surface area contributed by atoms with Crippen LogP contribution >= 0.6 is 11.8 Å². The fraction of sp³-hybridized carbons (Fsp3) is 0.235. The number of amides is 1. The Hall–Kier alpha value is -3.14. The smallest absolute Gasteiger partial charge is 0.325 e. The van der Waals surface area contributed by atoms with E-state index in [0.29, 0.717) is 30.0 Å². The van der Waals surface area contributed by atoms with Gasteiger partial charge in [0.1, 0.15) is 0 Å². The first-order valence-electron chi connectivity index (χ1n) is 8.13. The molecule has 1 aromatic carbocycles. The predicted octanol–water partition coefficient (Wildman–Crippen LogP) is 1.27. The van der Waals surface area contributed by atoms with E-state index in [2.05, 4.69) is 25.5 Å². The molecule has 0 aliphatic heterocycles. The van der Waals surface area contributed by atoms with Crippen LogP contribution in [0.4, 0.5) is 5.69 Å². The molecule has 2 aromatic heterocycles. The molecular weight excluding hydrogens is 370 g/mol. The molecule has 0 atom stereocenters. The van der Waals surface area contributed by atoms with E-state index < -0.39 is 11.2 Å². The molecule has 27 heavy (non-hydrogen) atoms. The lowest BCUT2D eigenvalue weighted by molar-refractivity contribution is -0.113. The van der Waals surface area contributed by atoms with Crippen molar-refractivity contribution >= 4 is 23.4 Å². The highest BCUT2D eigenvalue weighted by Gasteiger charge is 2.12. The second kappa shape index (κ2) is 8.49. The Morgan fingerprint density at radius 2 is 1.93 bits per heavy atom. The van der Waals surface area contributed by atoms with Gasteiger partial charge in [-0.15, -0.1) is 10.2 Å². The Kier molecular flexibility index (Phi) is 5.87. The van der Waals surface area contributed by atoms with Gasteiger partial charge in [-0.2, -0.15) is 0 Å². The van der Waals surface area contributed by atoms with E-state index in [9.17, 15) is 14.4 Å². The highest BCUT2D eigenvalue weighted by Crippen LogP contribution is 2.17. The van der Waals surface area contributed by atoms with E-state index in [-0.39, 0.29) is 16.9 Å². The third-order valence-electron chi connectivity index (χ3n) is 3.68. The summed E-state index contributed by atoms with van der Waals surface area (Å²) in [5, 5.41) is 10.8. The van der Waals surface area contributed by atoms with Crippen molar-refractivity contribution in [3.05, 3.63) is 68.3 Å². The first-order valence-corrected chi connectivity index (χ1v) is 9.12. The Morgan fingerprint density at radius 3 is 2.67 bits per heavy atom. The monoisotopic (exact) mass is 387 g/mol. The lowest BCUT2D eigenvalue weighted by Crippen LogP contribution is -2.27. The quantitative estimate of drug-likeness (QED) is 0.520. The number of rotatable bonds is 7. The van der Waals surface area contributed by atoms with Gasteiger partial charge in [0.25, 0.3) is 10.8 Å². The van der Waals surface area contributed by atoms with Crippen LogP contribution in [-0.4, -0.2) is 31.8 Å². The van der Waals surface area contributed by atoms with E-state index in [1.807, 2.05) is 18.2 Å². The summed E-state index contributed by atoms with van der Waals surface area (Å²) in [6.45, 7) is 1.66. The Labute approximate surface area is 157 Å². The van der Waals surface area contributed by atoms with Crippen LogP contribution in [-0.2, 0) is 17.6 Å². The number of aromatic nitrogens is 4. The number of para-hydroxylation sites is 1. The number of hydrogen-bond acceptors (Lipinski definition) is 7. The van der Waals surface area contributed by atoms with Crippen molar-refractivity contribution in [3.63, 3.8) is 0 Å². The van der Waals surface area contributed by atoms with E-state index >= 15 is 0 Å². The Morgan fingerprint density at radius 1 is 1.15 bits per heavy atom. The lowest BCUT2D eigenvalue weighted by Gasteiger charge is -2.03. The second-order valence-electron chi connectivity index (χ2n) is 5.68. The van der Waals surface area contributed by atoms with Gasteiger partial charge in [-0.1, -0.05) is 30.0 Å². The first kappa shape index (κ1) is 18.6. The van der Waals surface area contributed by atoms with Crippen molar-refractivity contribution in [3.8, 4) is 0 Å². The molecule has 0 radical (unpaired) electrons. The molecule has 2 heterocycles. The summed E-state index contributed by atoms with van der Waals surface area (Å²) in [6, 6.07) is 9.14. The van der Waals surface area contributed by atoms with Gasteiger partial charge in [-0.3, -0.25) is 14.6 Å². The van der Waals surface area contributed by atoms with Gasteiger partial charge in [-0.25, -0.2) is 4.79 Å². The zero-order valence-electron chi connectivity index (χ0n) is 14.4. The first-order chi connectivity index (χ1) is 13.0. The SMILES string of the molecule is Cc1[nH]c(=O)[nH]c(=O)c1CCc1nnc(SCC(=O)Nc2ccccc2)o1. The molecule has 0 fully saturated rings. The fourth-order valence-electron chi connectivity index (χ4n) is 2.40. The van der Waals surface area contributed by atoms with Crippen LogP contribution in [0.3, 0.4) is 0 Å². The highest BCUT2D eigenvalue weighted by molar-refractivity contribution is 7.99. The van der Waals surface area contributed by atoms with E-state index in [1.165, 1.54) is 0 Å². The number of benzene rings is 1. The number of nitrogens with one attached hydrogen (secondary N) is 3. The molecule has 0 saturated carbocycles.